The van der Waals surface area contributed by atoms with Gasteiger partial charge in [-0.05, 0) is 30.0 Å². The van der Waals surface area contributed by atoms with E-state index in [2.05, 4.69) is 13.8 Å². The zero-order valence-electron chi connectivity index (χ0n) is 6.84. The molecule has 0 amide bonds. The molecule has 0 nitrogen and oxygen atoms in total. The highest BCUT2D eigenvalue weighted by Gasteiger charge is 1.98. The second-order valence-electron chi connectivity index (χ2n) is 2.97. The monoisotopic (exact) mass is 151 g/mol. The van der Waals surface area contributed by atoms with Gasteiger partial charge in [0.15, 0.2) is 0 Å². The van der Waals surface area contributed by atoms with Crippen molar-refractivity contribution in [1.29, 1.82) is 0 Å². The molecule has 0 spiro atoms. The van der Waals surface area contributed by atoms with Gasteiger partial charge in [-0.25, -0.2) is 4.39 Å². The van der Waals surface area contributed by atoms with E-state index in [0.29, 0.717) is 5.92 Å². The Bertz CT molecular complexity index is 228. The summed E-state index contributed by atoms with van der Waals surface area (Å²) < 4.78 is 12.6. The van der Waals surface area contributed by atoms with Gasteiger partial charge in [0, 0.05) is 0 Å². The van der Waals surface area contributed by atoms with Gasteiger partial charge in [-0.2, -0.15) is 0 Å². The van der Waals surface area contributed by atoms with Crippen LogP contribution in [-0.2, 0) is 0 Å². The number of halogens is 1. The lowest BCUT2D eigenvalue weighted by molar-refractivity contribution is 0.625. The average molecular weight is 151 g/mol. The molecule has 0 heterocycles. The van der Waals surface area contributed by atoms with Gasteiger partial charge in [0.2, 0.25) is 0 Å². The Morgan fingerprint density at radius 1 is 1.36 bits per heavy atom. The largest absolute Gasteiger partial charge is 0.207 e. The summed E-state index contributed by atoms with van der Waals surface area (Å²) in [7, 11) is 0. The van der Waals surface area contributed by atoms with Crippen LogP contribution in [0.5, 0.6) is 0 Å². The standard InChI is InChI=1S/C10H12F/c1-8(2)6-9-4-3-5-10(11)7-9/h3-8H,1-2H3. The first kappa shape index (κ1) is 8.25. The second-order valence-corrected chi connectivity index (χ2v) is 2.97. The molecule has 11 heavy (non-hydrogen) atoms. The van der Waals surface area contributed by atoms with E-state index < -0.39 is 0 Å². The topological polar surface area (TPSA) is 0 Å². The van der Waals surface area contributed by atoms with Crippen molar-refractivity contribution in [3.05, 3.63) is 42.1 Å². The van der Waals surface area contributed by atoms with E-state index in [9.17, 15) is 4.39 Å². The highest BCUT2D eigenvalue weighted by atomic mass is 19.1. The number of hydrogen-bond acceptors (Lipinski definition) is 0. The van der Waals surface area contributed by atoms with Gasteiger partial charge >= 0.3 is 0 Å². The molecule has 0 aliphatic heterocycles. The van der Waals surface area contributed by atoms with Crippen molar-refractivity contribution in [1.82, 2.24) is 0 Å². The molecule has 1 rings (SSSR count). The molecule has 0 unspecified atom stereocenters. The third-order valence-electron chi connectivity index (χ3n) is 1.37. The Labute approximate surface area is 67.1 Å². The molecule has 0 aliphatic carbocycles. The van der Waals surface area contributed by atoms with Crippen molar-refractivity contribution in [2.24, 2.45) is 5.92 Å². The molecule has 0 aliphatic rings. The minimum Gasteiger partial charge on any atom is -0.207 e. The highest BCUT2D eigenvalue weighted by molar-refractivity contribution is 5.23. The Kier molecular flexibility index (Phi) is 2.64. The summed E-state index contributed by atoms with van der Waals surface area (Å²) in [5, 5.41) is 0. The van der Waals surface area contributed by atoms with Crippen molar-refractivity contribution in [3.63, 3.8) is 0 Å². The zero-order chi connectivity index (χ0) is 8.27. The average Bonchev–Trinajstić information content (AvgIpc) is 1.85. The van der Waals surface area contributed by atoms with Crippen LogP contribution >= 0.6 is 0 Å². The van der Waals surface area contributed by atoms with Crippen molar-refractivity contribution in [3.8, 4) is 0 Å². The van der Waals surface area contributed by atoms with Crippen molar-refractivity contribution < 1.29 is 4.39 Å². The van der Waals surface area contributed by atoms with Crippen LogP contribution in [0.25, 0.3) is 0 Å². The van der Waals surface area contributed by atoms with Gasteiger partial charge < -0.3 is 0 Å². The molecule has 1 heteroatoms. The summed E-state index contributed by atoms with van der Waals surface area (Å²) in [6.07, 6.45) is 2.03. The molecule has 0 aromatic heterocycles. The Morgan fingerprint density at radius 3 is 2.64 bits per heavy atom. The fourth-order valence-corrected chi connectivity index (χ4v) is 0.995. The van der Waals surface area contributed by atoms with E-state index in [-0.39, 0.29) is 5.82 Å². The molecule has 0 saturated heterocycles. The summed E-state index contributed by atoms with van der Waals surface area (Å²) in [5.74, 6) is 0.302. The molecule has 59 valence electrons. The molecular formula is C10H12F. The van der Waals surface area contributed by atoms with E-state index in [1.165, 1.54) is 6.07 Å². The van der Waals surface area contributed by atoms with Crippen LogP contribution in [0.15, 0.2) is 24.3 Å². The first-order valence-electron chi connectivity index (χ1n) is 3.79. The predicted octanol–water partition coefficient (Wildman–Crippen LogP) is 3.03. The predicted molar refractivity (Wildman–Crippen MR) is 44.6 cm³/mol. The van der Waals surface area contributed by atoms with Gasteiger partial charge in [0.05, 0.1) is 0 Å². The lowest BCUT2D eigenvalue weighted by atomic mass is 10.0. The summed E-state index contributed by atoms with van der Waals surface area (Å²) in [6, 6.07) is 6.63. The van der Waals surface area contributed by atoms with Crippen LogP contribution < -0.4 is 0 Å². The summed E-state index contributed by atoms with van der Waals surface area (Å²) >= 11 is 0. The summed E-state index contributed by atoms with van der Waals surface area (Å²) in [5.41, 5.74) is 0.958. The quantitative estimate of drug-likeness (QED) is 0.609. The van der Waals surface area contributed by atoms with E-state index in [1.807, 2.05) is 12.5 Å². The van der Waals surface area contributed by atoms with E-state index in [0.717, 1.165) is 5.56 Å². The van der Waals surface area contributed by atoms with Gasteiger partial charge in [-0.1, -0.05) is 26.0 Å². The minimum atomic E-state index is -0.167. The van der Waals surface area contributed by atoms with E-state index in [1.54, 1.807) is 12.1 Å². The van der Waals surface area contributed by atoms with Crippen LogP contribution in [0.2, 0.25) is 0 Å². The fraction of sp³-hybridized carbons (Fsp3) is 0.300. The molecule has 0 N–H and O–H groups in total. The van der Waals surface area contributed by atoms with Gasteiger partial charge in [-0.15, -0.1) is 0 Å². The van der Waals surface area contributed by atoms with E-state index in [4.69, 9.17) is 0 Å². The summed E-state index contributed by atoms with van der Waals surface area (Å²) in [6.45, 7) is 4.15. The van der Waals surface area contributed by atoms with Crippen LogP contribution in [0.1, 0.15) is 19.4 Å². The Hall–Kier alpha value is -0.850. The minimum absolute atomic E-state index is 0.167. The molecule has 1 aromatic rings. The van der Waals surface area contributed by atoms with Gasteiger partial charge in [-0.3, -0.25) is 0 Å². The molecule has 0 bridgehead atoms. The Balaban J connectivity index is 2.71. The molecule has 1 aromatic carbocycles. The van der Waals surface area contributed by atoms with Crippen molar-refractivity contribution in [2.45, 2.75) is 13.8 Å². The third kappa shape index (κ3) is 2.71. The molecule has 0 saturated carbocycles. The van der Waals surface area contributed by atoms with Crippen LogP contribution in [-0.4, -0.2) is 0 Å². The zero-order valence-corrected chi connectivity index (χ0v) is 6.84. The second kappa shape index (κ2) is 3.51. The fourth-order valence-electron chi connectivity index (χ4n) is 0.995. The third-order valence-corrected chi connectivity index (χ3v) is 1.37. The molecule has 0 fully saturated rings. The maximum absolute atomic E-state index is 12.6. The summed E-state index contributed by atoms with van der Waals surface area (Å²) in [4.78, 5) is 0. The molecule has 0 atom stereocenters. The smallest absolute Gasteiger partial charge is 0.123 e. The molecular weight excluding hydrogens is 139 g/mol. The first-order chi connectivity index (χ1) is 5.18. The molecule has 1 radical (unpaired) electrons. The SMILES string of the molecule is CC(C)[CH]c1cccc(F)c1. The number of hydrogen-bond donors (Lipinski definition) is 0. The van der Waals surface area contributed by atoms with Crippen molar-refractivity contribution >= 4 is 0 Å². The maximum Gasteiger partial charge on any atom is 0.123 e. The highest BCUT2D eigenvalue weighted by Crippen LogP contribution is 2.11. The van der Waals surface area contributed by atoms with E-state index >= 15 is 0 Å². The van der Waals surface area contributed by atoms with Crippen LogP contribution in [0.4, 0.5) is 4.39 Å². The lowest BCUT2D eigenvalue weighted by Gasteiger charge is -2.02. The first-order valence-corrected chi connectivity index (χ1v) is 3.79. The number of rotatable bonds is 2. The van der Waals surface area contributed by atoms with Crippen LogP contribution in [0.3, 0.4) is 0 Å². The normalized spacial score (nSPS) is 10.5. The maximum atomic E-state index is 12.6. The van der Waals surface area contributed by atoms with Gasteiger partial charge in [0.25, 0.3) is 0 Å². The lowest BCUT2D eigenvalue weighted by Crippen LogP contribution is -1.90. The van der Waals surface area contributed by atoms with Gasteiger partial charge in [0.1, 0.15) is 5.82 Å². The van der Waals surface area contributed by atoms with Crippen LogP contribution in [0, 0.1) is 18.2 Å². The number of benzene rings is 1. The van der Waals surface area contributed by atoms with Crippen molar-refractivity contribution in [2.75, 3.05) is 0 Å². The Morgan fingerprint density at radius 2 is 2.09 bits per heavy atom.